The Morgan fingerprint density at radius 3 is 1.41 bits per heavy atom. The van der Waals surface area contributed by atoms with Crippen LogP contribution in [0.25, 0.3) is 0 Å². The highest BCUT2D eigenvalue weighted by atomic mass is 16.4. The van der Waals surface area contributed by atoms with Crippen molar-refractivity contribution in [2.45, 2.75) is 102 Å². The number of nitrogens with one attached hydrogen (secondary N) is 6. The average molecular weight is 804 g/mol. The van der Waals surface area contributed by atoms with E-state index in [1.54, 1.807) is 13.8 Å². The zero-order chi connectivity index (χ0) is 43.1. The number of carboxylic acids is 2. The number of carbonyl (C=O) groups excluding carboxylic acids is 6. The first-order valence-electron chi connectivity index (χ1n) is 17.5. The molecule has 25 nitrogen and oxygen atoms in total. The second kappa shape index (κ2) is 26.1. The molecule has 0 aliphatic carbocycles. The summed E-state index contributed by atoms with van der Waals surface area (Å²) in [6.45, 7) is 2.94. The minimum absolute atomic E-state index is 0.00750. The quantitative estimate of drug-likeness (QED) is 0.0208. The number of nitrogens with two attached hydrogens (primary N) is 5. The molecule has 7 atom stereocenters. The van der Waals surface area contributed by atoms with Crippen LogP contribution in [-0.2, 0) is 38.4 Å². The molecule has 0 rings (SSSR count). The smallest absolute Gasteiger partial charge is 0.326 e. The van der Waals surface area contributed by atoms with Gasteiger partial charge in [-0.05, 0) is 44.9 Å². The van der Waals surface area contributed by atoms with Gasteiger partial charge >= 0.3 is 11.9 Å². The van der Waals surface area contributed by atoms with Crippen LogP contribution in [0.15, 0.2) is 9.98 Å². The highest BCUT2D eigenvalue weighted by Crippen LogP contribution is 2.07. The molecule has 0 saturated heterocycles. The van der Waals surface area contributed by atoms with E-state index in [0.717, 1.165) is 0 Å². The largest absolute Gasteiger partial charge is 0.481 e. The number of aliphatic imine (C=N–C) groups is 2. The minimum atomic E-state index is -1.81. The zero-order valence-electron chi connectivity index (χ0n) is 31.5. The summed E-state index contributed by atoms with van der Waals surface area (Å²) in [6.07, 6.45) is -0.505. The molecule has 0 saturated carbocycles. The van der Waals surface area contributed by atoms with Crippen molar-refractivity contribution in [3.05, 3.63) is 0 Å². The zero-order valence-corrected chi connectivity index (χ0v) is 31.5. The van der Waals surface area contributed by atoms with E-state index in [1.807, 2.05) is 0 Å². The second-order valence-corrected chi connectivity index (χ2v) is 13.0. The van der Waals surface area contributed by atoms with Crippen molar-refractivity contribution in [1.29, 1.82) is 0 Å². The Morgan fingerprint density at radius 1 is 0.554 bits per heavy atom. The molecular formula is C31H57N13O12. The Bertz CT molecular complexity index is 1420. The molecule has 0 bridgehead atoms. The van der Waals surface area contributed by atoms with Crippen molar-refractivity contribution in [2.24, 2.45) is 44.6 Å². The first kappa shape index (κ1) is 50.2. The maximum atomic E-state index is 13.2. The Balaban J connectivity index is 5.65. The van der Waals surface area contributed by atoms with Crippen LogP contribution < -0.4 is 60.6 Å². The lowest BCUT2D eigenvalue weighted by Crippen LogP contribution is -2.60. The van der Waals surface area contributed by atoms with Crippen LogP contribution in [0.5, 0.6) is 0 Å². The molecule has 6 amide bonds. The van der Waals surface area contributed by atoms with Gasteiger partial charge in [0.25, 0.3) is 0 Å². The van der Waals surface area contributed by atoms with Gasteiger partial charge in [-0.15, -0.1) is 0 Å². The molecule has 0 aliphatic rings. The van der Waals surface area contributed by atoms with E-state index in [0.29, 0.717) is 6.42 Å². The topological polar surface area (TPSA) is 444 Å². The number of rotatable bonds is 27. The summed E-state index contributed by atoms with van der Waals surface area (Å²) < 4.78 is 0. The standard InChI is InChI=1S/C31H57N13O12/c1-14(2)10-18(26(52)44-21(13-46)27(53)40-17(29(55)56)7-5-9-38-31(35)36)41-23(49)15(3)39-25(51)19(11-22(47)48)42-28(54)20(12-45)43-24(50)16(32)6-4-8-37-30(33)34/h14-21,45-46H,4-13,32H2,1-3H3,(H,39,51)(H,40,53)(H,41,49)(H,42,54)(H,43,50)(H,44,52)(H,47,48)(H,55,56)(H4,33,34,37)(H4,35,36,38)/t15-,16-,17-,18-,19-,20-,21-/m0/s1. The van der Waals surface area contributed by atoms with Crippen LogP contribution in [0.3, 0.4) is 0 Å². The fourth-order valence-electron chi connectivity index (χ4n) is 4.66. The van der Waals surface area contributed by atoms with Gasteiger partial charge in [-0.1, -0.05) is 13.8 Å². The summed E-state index contributed by atoms with van der Waals surface area (Å²) in [5.74, 6) is -9.62. The third-order valence-corrected chi connectivity index (χ3v) is 7.60. The summed E-state index contributed by atoms with van der Waals surface area (Å²) in [5.41, 5.74) is 26.8. The molecule has 0 aromatic rings. The van der Waals surface area contributed by atoms with Gasteiger partial charge in [0, 0.05) is 13.1 Å². The fourth-order valence-corrected chi connectivity index (χ4v) is 4.66. The summed E-state index contributed by atoms with van der Waals surface area (Å²) in [5, 5.41) is 51.9. The van der Waals surface area contributed by atoms with Crippen LogP contribution in [0, 0.1) is 5.92 Å². The van der Waals surface area contributed by atoms with Crippen molar-refractivity contribution in [3.8, 4) is 0 Å². The number of carboxylic acid groups (broad SMARTS) is 2. The van der Waals surface area contributed by atoms with E-state index in [1.165, 1.54) is 6.92 Å². The lowest BCUT2D eigenvalue weighted by Gasteiger charge is -2.26. The van der Waals surface area contributed by atoms with Gasteiger partial charge in [-0.25, -0.2) is 4.79 Å². The summed E-state index contributed by atoms with van der Waals surface area (Å²) >= 11 is 0. The lowest BCUT2D eigenvalue weighted by molar-refractivity contribution is -0.143. The molecule has 0 aromatic carbocycles. The van der Waals surface area contributed by atoms with E-state index in [2.05, 4.69) is 41.9 Å². The molecule has 0 aliphatic heterocycles. The summed E-state index contributed by atoms with van der Waals surface area (Å²) in [7, 11) is 0. The van der Waals surface area contributed by atoms with Gasteiger partial charge in [-0.2, -0.15) is 0 Å². The molecule has 0 aromatic heterocycles. The minimum Gasteiger partial charge on any atom is -0.481 e. The Morgan fingerprint density at radius 2 is 0.964 bits per heavy atom. The van der Waals surface area contributed by atoms with Crippen molar-refractivity contribution in [1.82, 2.24) is 31.9 Å². The van der Waals surface area contributed by atoms with Crippen LogP contribution in [0.4, 0.5) is 0 Å². The summed E-state index contributed by atoms with van der Waals surface area (Å²) in [4.78, 5) is 108. The lowest BCUT2D eigenvalue weighted by atomic mass is 10.0. The molecule has 20 N–H and O–H groups in total. The summed E-state index contributed by atoms with van der Waals surface area (Å²) in [6, 6.07) is -10.4. The van der Waals surface area contributed by atoms with Crippen LogP contribution in [-0.4, -0.2) is 148 Å². The van der Waals surface area contributed by atoms with Gasteiger partial charge < -0.3 is 81.0 Å². The van der Waals surface area contributed by atoms with E-state index in [-0.39, 0.29) is 56.6 Å². The van der Waals surface area contributed by atoms with Crippen molar-refractivity contribution in [2.75, 3.05) is 26.3 Å². The molecule has 25 heteroatoms. The van der Waals surface area contributed by atoms with Crippen LogP contribution in [0.1, 0.15) is 59.3 Å². The highest BCUT2D eigenvalue weighted by Gasteiger charge is 2.33. The number of hydrogen-bond donors (Lipinski definition) is 15. The third-order valence-electron chi connectivity index (χ3n) is 7.60. The average Bonchev–Trinajstić information content (AvgIpc) is 3.10. The monoisotopic (exact) mass is 803 g/mol. The van der Waals surface area contributed by atoms with Gasteiger partial charge in [-0.3, -0.25) is 43.5 Å². The maximum absolute atomic E-state index is 13.2. The number of carbonyl (C=O) groups is 8. The van der Waals surface area contributed by atoms with Gasteiger partial charge in [0.15, 0.2) is 11.9 Å². The number of aliphatic hydroxyl groups is 2. The third kappa shape index (κ3) is 20.6. The molecule has 0 fully saturated rings. The maximum Gasteiger partial charge on any atom is 0.326 e. The van der Waals surface area contributed by atoms with E-state index < -0.39 is 109 Å². The fraction of sp³-hybridized carbons (Fsp3) is 0.677. The normalized spacial score (nSPS) is 14.6. The van der Waals surface area contributed by atoms with Crippen molar-refractivity contribution in [3.63, 3.8) is 0 Å². The molecule has 0 heterocycles. The molecule has 0 unspecified atom stereocenters. The predicted molar refractivity (Wildman–Crippen MR) is 199 cm³/mol. The van der Waals surface area contributed by atoms with Crippen LogP contribution >= 0.6 is 0 Å². The first-order valence-corrected chi connectivity index (χ1v) is 17.5. The molecule has 0 spiro atoms. The predicted octanol–water partition coefficient (Wildman–Crippen LogP) is -7.06. The number of nitrogens with zero attached hydrogens (tertiary/aromatic N) is 2. The van der Waals surface area contributed by atoms with Crippen molar-refractivity contribution < 1.29 is 58.8 Å². The molecule has 0 radical (unpaired) electrons. The second-order valence-electron chi connectivity index (χ2n) is 13.0. The van der Waals surface area contributed by atoms with Gasteiger partial charge in [0.1, 0.15) is 36.3 Å². The van der Waals surface area contributed by atoms with Gasteiger partial charge in [0.05, 0.1) is 25.7 Å². The first-order chi connectivity index (χ1) is 26.1. The van der Waals surface area contributed by atoms with Gasteiger partial charge in [0.2, 0.25) is 35.4 Å². The highest BCUT2D eigenvalue weighted by molar-refractivity contribution is 5.97. The Hall–Kier alpha value is -5.82. The number of aliphatic hydroxyl groups excluding tert-OH is 2. The number of hydrogen-bond acceptors (Lipinski definition) is 13. The molecule has 318 valence electrons. The number of aliphatic carboxylic acids is 2. The Kier molecular flexibility index (Phi) is 23.4. The van der Waals surface area contributed by atoms with Crippen LogP contribution in [0.2, 0.25) is 0 Å². The SMILES string of the molecule is CC(C)C[C@H](NC(=O)[C@H](C)NC(=O)[C@H](CC(=O)O)NC(=O)[C@H](CO)NC(=O)[C@@H](N)CCCN=C(N)N)C(=O)N[C@@H](CO)C(=O)N[C@@H](CCCN=C(N)N)C(=O)O. The Labute approximate surface area is 322 Å². The van der Waals surface area contributed by atoms with Crippen molar-refractivity contribution >= 4 is 59.3 Å². The van der Waals surface area contributed by atoms with E-state index in [9.17, 15) is 58.8 Å². The van der Waals surface area contributed by atoms with E-state index in [4.69, 9.17) is 28.7 Å². The molecular weight excluding hydrogens is 746 g/mol. The molecule has 56 heavy (non-hydrogen) atoms. The van der Waals surface area contributed by atoms with E-state index >= 15 is 0 Å². The number of amides is 6. The number of guanidine groups is 2.